The molecule has 2 unspecified atom stereocenters. The third-order valence-electron chi connectivity index (χ3n) is 5.79. The van der Waals surface area contributed by atoms with Crippen LogP contribution in [-0.2, 0) is 13.1 Å². The lowest BCUT2D eigenvalue weighted by Gasteiger charge is -2.14. The Balaban J connectivity index is 1.74. The lowest BCUT2D eigenvalue weighted by atomic mass is 9.98. The fourth-order valence-electron chi connectivity index (χ4n) is 4.19. The molecule has 0 amide bonds. The van der Waals surface area contributed by atoms with Crippen molar-refractivity contribution in [3.63, 3.8) is 0 Å². The molecule has 0 spiro atoms. The minimum absolute atomic E-state index is 0.0499. The number of carboxylic acid groups (broad SMARTS) is 1. The van der Waals surface area contributed by atoms with Gasteiger partial charge in [0.05, 0.1) is 11.6 Å². The molecule has 2 aromatic carbocycles. The molecule has 1 aliphatic heterocycles. The fraction of sp³-hybridized carbons (Fsp3) is 0.273. The summed E-state index contributed by atoms with van der Waals surface area (Å²) in [7, 11) is 2.01. The van der Waals surface area contributed by atoms with Gasteiger partial charge in [0, 0.05) is 36.7 Å². The van der Waals surface area contributed by atoms with Crippen LogP contribution in [0.3, 0.4) is 0 Å². The predicted octanol–water partition coefficient (Wildman–Crippen LogP) is 3.73. The summed E-state index contributed by atoms with van der Waals surface area (Å²) >= 11 is 0. The molecule has 1 fully saturated rings. The quantitative estimate of drug-likeness (QED) is 0.733. The van der Waals surface area contributed by atoms with Gasteiger partial charge < -0.3 is 9.67 Å². The third-order valence-corrected chi connectivity index (χ3v) is 5.79. The first kappa shape index (κ1) is 18.0. The Morgan fingerprint density at radius 1 is 1.17 bits per heavy atom. The van der Waals surface area contributed by atoms with Gasteiger partial charge in [-0.1, -0.05) is 12.1 Å². The normalized spacial score (nSPS) is 20.8. The zero-order chi connectivity index (χ0) is 20.4. The van der Waals surface area contributed by atoms with E-state index in [0.717, 1.165) is 24.7 Å². The topological polar surface area (TPSA) is 62.5 Å². The summed E-state index contributed by atoms with van der Waals surface area (Å²) in [6.45, 7) is 1.61. The highest BCUT2D eigenvalue weighted by atomic mass is 19.1. The van der Waals surface area contributed by atoms with Gasteiger partial charge in [-0.2, -0.15) is 0 Å². The van der Waals surface area contributed by atoms with Crippen LogP contribution in [0, 0.1) is 5.82 Å². The van der Waals surface area contributed by atoms with Crippen molar-refractivity contribution >= 4 is 16.9 Å². The number of nitrogens with zero attached hydrogens (tertiary/aromatic N) is 2. The largest absolute Gasteiger partial charge is 0.477 e. The Labute approximate surface area is 164 Å². The van der Waals surface area contributed by atoms with Gasteiger partial charge in [-0.05, 0) is 41.9 Å². The minimum atomic E-state index is -1.41. The summed E-state index contributed by atoms with van der Waals surface area (Å²) in [5.74, 6) is -2.02. The number of alkyl halides is 1. The molecule has 5 rings (SSSR count). The van der Waals surface area contributed by atoms with E-state index in [4.69, 9.17) is 0 Å². The van der Waals surface area contributed by atoms with Crippen molar-refractivity contribution in [3.8, 4) is 11.1 Å². The molecule has 2 aliphatic rings. The smallest absolute Gasteiger partial charge is 0.341 e. The molecule has 148 valence electrons. The maximum absolute atomic E-state index is 15.0. The Morgan fingerprint density at radius 2 is 1.90 bits per heavy atom. The van der Waals surface area contributed by atoms with E-state index in [9.17, 15) is 23.5 Å². The van der Waals surface area contributed by atoms with Crippen LogP contribution in [0.2, 0.25) is 0 Å². The monoisotopic (exact) mass is 396 g/mol. The zero-order valence-corrected chi connectivity index (χ0v) is 15.7. The molecule has 1 N–H and O–H groups in total. The molecule has 0 bridgehead atoms. The molecule has 0 saturated heterocycles. The van der Waals surface area contributed by atoms with Crippen molar-refractivity contribution in [3.05, 3.63) is 69.3 Å². The second-order valence-electron chi connectivity index (χ2n) is 7.91. The number of hydrogen-bond acceptors (Lipinski definition) is 3. The van der Waals surface area contributed by atoms with Crippen LogP contribution in [-0.4, -0.2) is 33.8 Å². The number of aromatic nitrogens is 1. The van der Waals surface area contributed by atoms with Gasteiger partial charge in [-0.15, -0.1) is 0 Å². The first-order chi connectivity index (χ1) is 13.8. The predicted molar refractivity (Wildman–Crippen MR) is 104 cm³/mol. The van der Waals surface area contributed by atoms with Crippen LogP contribution < -0.4 is 5.43 Å². The van der Waals surface area contributed by atoms with E-state index in [1.807, 2.05) is 25.2 Å². The molecule has 3 aromatic rings. The van der Waals surface area contributed by atoms with Crippen molar-refractivity contribution in [2.24, 2.45) is 0 Å². The third kappa shape index (κ3) is 2.84. The molecule has 7 heteroatoms. The van der Waals surface area contributed by atoms with E-state index >= 15 is 0 Å². The van der Waals surface area contributed by atoms with E-state index in [2.05, 4.69) is 4.90 Å². The second-order valence-corrected chi connectivity index (χ2v) is 7.91. The first-order valence-electron chi connectivity index (χ1n) is 9.40. The molecule has 29 heavy (non-hydrogen) atoms. The minimum Gasteiger partial charge on any atom is -0.477 e. The summed E-state index contributed by atoms with van der Waals surface area (Å²) in [6, 6.07) is 7.81. The first-order valence-corrected chi connectivity index (χ1v) is 9.40. The number of benzene rings is 2. The van der Waals surface area contributed by atoms with Crippen molar-refractivity contribution in [2.75, 3.05) is 7.05 Å². The maximum atomic E-state index is 15.0. The van der Waals surface area contributed by atoms with Crippen molar-refractivity contribution < 1.29 is 18.7 Å². The van der Waals surface area contributed by atoms with Gasteiger partial charge >= 0.3 is 5.97 Å². The van der Waals surface area contributed by atoms with E-state index in [1.165, 1.54) is 22.4 Å². The number of carbonyl (C=O) groups is 1. The van der Waals surface area contributed by atoms with Gasteiger partial charge in [0.2, 0.25) is 5.43 Å². The number of rotatable bonds is 3. The number of halogens is 2. The highest BCUT2D eigenvalue weighted by Crippen LogP contribution is 2.41. The number of pyridine rings is 1. The molecule has 2 heterocycles. The highest BCUT2D eigenvalue weighted by Gasteiger charge is 2.40. The van der Waals surface area contributed by atoms with Crippen LogP contribution in [0.5, 0.6) is 0 Å². The Bertz CT molecular complexity index is 1250. The van der Waals surface area contributed by atoms with E-state index in [0.29, 0.717) is 16.6 Å². The Morgan fingerprint density at radius 3 is 2.59 bits per heavy atom. The van der Waals surface area contributed by atoms with E-state index in [-0.39, 0.29) is 11.8 Å². The summed E-state index contributed by atoms with van der Waals surface area (Å²) < 4.78 is 30.2. The van der Waals surface area contributed by atoms with Crippen molar-refractivity contribution in [1.82, 2.24) is 9.47 Å². The van der Waals surface area contributed by atoms with E-state index in [1.54, 1.807) is 0 Å². The van der Waals surface area contributed by atoms with Gasteiger partial charge in [0.1, 0.15) is 17.6 Å². The number of fused-ring (bicyclic) bond motifs is 2. The molecule has 2 atom stereocenters. The Hall–Kier alpha value is -3.06. The average molecular weight is 396 g/mol. The van der Waals surface area contributed by atoms with Crippen LogP contribution in [0.25, 0.3) is 22.0 Å². The fourth-order valence-corrected chi connectivity index (χ4v) is 4.19. The van der Waals surface area contributed by atoms with Gasteiger partial charge in [-0.3, -0.25) is 9.69 Å². The van der Waals surface area contributed by atoms with Crippen LogP contribution >= 0.6 is 0 Å². The van der Waals surface area contributed by atoms with E-state index < -0.39 is 35.0 Å². The van der Waals surface area contributed by atoms with Gasteiger partial charge in [0.25, 0.3) is 0 Å². The van der Waals surface area contributed by atoms with Crippen LogP contribution in [0.15, 0.2) is 41.3 Å². The lowest BCUT2D eigenvalue weighted by molar-refractivity contribution is 0.0694. The number of hydrogen-bond donors (Lipinski definition) is 1. The molecular weight excluding hydrogens is 378 g/mol. The molecule has 0 radical (unpaired) electrons. The SMILES string of the molecule is CN1Cc2ccc(-c3cc4c(cc3F)c(=O)c(C(=O)O)cn4C3CC3F)cc2C1. The average Bonchev–Trinajstić information content (AvgIpc) is 3.27. The van der Waals surface area contributed by atoms with Crippen molar-refractivity contribution in [1.29, 1.82) is 0 Å². The molecule has 1 aromatic heterocycles. The summed E-state index contributed by atoms with van der Waals surface area (Å²) in [6.07, 6.45) is 0.317. The maximum Gasteiger partial charge on any atom is 0.341 e. The lowest BCUT2D eigenvalue weighted by Crippen LogP contribution is -2.19. The van der Waals surface area contributed by atoms with Crippen LogP contribution in [0.1, 0.15) is 33.9 Å². The van der Waals surface area contributed by atoms with Crippen LogP contribution in [0.4, 0.5) is 8.78 Å². The second kappa shape index (κ2) is 6.22. The highest BCUT2D eigenvalue weighted by molar-refractivity contribution is 5.94. The standard InChI is InChI=1S/C22H18F2N2O3/c1-25-8-12-3-2-11(4-13(12)9-25)14-6-19-15(5-17(14)23)21(27)16(22(28)29)10-26(19)20-7-18(20)24/h2-6,10,18,20H,7-9H2,1H3,(H,28,29). The summed E-state index contributed by atoms with van der Waals surface area (Å²) in [5.41, 5.74) is 2.40. The number of carboxylic acids is 1. The number of aromatic carboxylic acids is 1. The van der Waals surface area contributed by atoms with Crippen molar-refractivity contribution in [2.45, 2.75) is 31.7 Å². The molecule has 1 saturated carbocycles. The van der Waals surface area contributed by atoms with Gasteiger partial charge in [-0.25, -0.2) is 13.6 Å². The molecule has 5 nitrogen and oxygen atoms in total. The summed E-state index contributed by atoms with van der Waals surface area (Å²) in [4.78, 5) is 26.2. The zero-order valence-electron chi connectivity index (χ0n) is 15.7. The molecule has 1 aliphatic carbocycles. The van der Waals surface area contributed by atoms with Gasteiger partial charge in [0.15, 0.2) is 0 Å². The molecular formula is C22H18F2N2O3. The summed E-state index contributed by atoms with van der Waals surface area (Å²) in [5, 5.41) is 9.28. The Kier molecular flexibility index (Phi) is 3.86.